The van der Waals surface area contributed by atoms with E-state index in [1.54, 1.807) is 42.5 Å². The Bertz CT molecular complexity index is 713. The third-order valence-corrected chi connectivity index (χ3v) is 4.74. The van der Waals surface area contributed by atoms with Crippen LogP contribution in [-0.2, 0) is 10.8 Å². The van der Waals surface area contributed by atoms with E-state index in [1.165, 1.54) is 0 Å². The molecule has 0 aliphatic carbocycles. The van der Waals surface area contributed by atoms with Gasteiger partial charge in [0.15, 0.2) is 0 Å². The summed E-state index contributed by atoms with van der Waals surface area (Å²) < 4.78 is 17.6. The lowest BCUT2D eigenvalue weighted by atomic mass is 10.2. The predicted molar refractivity (Wildman–Crippen MR) is 84.4 cm³/mol. The van der Waals surface area contributed by atoms with Crippen LogP contribution in [0.15, 0.2) is 47.4 Å². The Morgan fingerprint density at radius 2 is 1.90 bits per heavy atom. The van der Waals surface area contributed by atoms with E-state index in [0.717, 1.165) is 0 Å². The van der Waals surface area contributed by atoms with Gasteiger partial charge in [0.25, 0.3) is 0 Å². The molecule has 0 aromatic heterocycles. The monoisotopic (exact) mass is 339 g/mol. The molecular weight excluding hydrogens is 329 g/mol. The molecule has 0 fully saturated rings. The zero-order valence-corrected chi connectivity index (χ0v) is 13.2. The Balaban J connectivity index is 1.95. The van der Waals surface area contributed by atoms with Gasteiger partial charge in [-0.1, -0.05) is 35.3 Å². The molecule has 1 unspecified atom stereocenters. The van der Waals surface area contributed by atoms with Crippen molar-refractivity contribution >= 4 is 34.0 Å². The van der Waals surface area contributed by atoms with E-state index >= 15 is 0 Å². The molecule has 2 rings (SSSR count). The van der Waals surface area contributed by atoms with Crippen molar-refractivity contribution in [1.82, 2.24) is 0 Å². The fourth-order valence-corrected chi connectivity index (χ4v) is 2.95. The highest BCUT2D eigenvalue weighted by molar-refractivity contribution is 7.85. The molecule has 2 aromatic rings. The van der Waals surface area contributed by atoms with Crippen LogP contribution in [0.3, 0.4) is 0 Å². The molecule has 0 heterocycles. The van der Waals surface area contributed by atoms with Gasteiger partial charge < -0.3 is 4.74 Å². The number of hydrogen-bond donors (Lipinski definition) is 0. The molecule has 2 aromatic carbocycles. The molecule has 0 radical (unpaired) electrons. The van der Waals surface area contributed by atoms with Gasteiger partial charge in [-0.25, -0.2) is 0 Å². The summed E-state index contributed by atoms with van der Waals surface area (Å²) in [4.78, 5) is 0.599. The summed E-state index contributed by atoms with van der Waals surface area (Å²) in [6, 6.07) is 13.8. The number of nitriles is 1. The summed E-state index contributed by atoms with van der Waals surface area (Å²) in [5.41, 5.74) is 0.456. The van der Waals surface area contributed by atoms with Crippen molar-refractivity contribution in [3.05, 3.63) is 58.1 Å². The normalized spacial score (nSPS) is 11.7. The zero-order valence-electron chi connectivity index (χ0n) is 10.9. The summed E-state index contributed by atoms with van der Waals surface area (Å²) in [5.74, 6) is 0.795. The lowest BCUT2D eigenvalue weighted by molar-refractivity contribution is 0.341. The van der Waals surface area contributed by atoms with E-state index in [4.69, 9.17) is 33.2 Å². The Morgan fingerprint density at radius 1 is 1.14 bits per heavy atom. The van der Waals surface area contributed by atoms with Gasteiger partial charge in [0.1, 0.15) is 18.4 Å². The van der Waals surface area contributed by atoms with Crippen LogP contribution in [0, 0.1) is 11.3 Å². The minimum absolute atomic E-state index is 0.242. The summed E-state index contributed by atoms with van der Waals surface area (Å²) in [7, 11) is -1.24. The van der Waals surface area contributed by atoms with Crippen molar-refractivity contribution in [1.29, 1.82) is 5.26 Å². The molecule has 0 amide bonds. The Hall–Kier alpha value is -1.54. The third-order valence-electron chi connectivity index (χ3n) is 2.69. The smallest absolute Gasteiger partial charge is 0.137 e. The minimum Gasteiger partial charge on any atom is -0.491 e. The third kappa shape index (κ3) is 4.21. The van der Waals surface area contributed by atoms with E-state index in [2.05, 4.69) is 0 Å². The first-order valence-corrected chi connectivity index (χ1v) is 8.14. The molecule has 21 heavy (non-hydrogen) atoms. The van der Waals surface area contributed by atoms with Crippen LogP contribution in [0.5, 0.6) is 5.75 Å². The van der Waals surface area contributed by atoms with Gasteiger partial charge in [-0.3, -0.25) is 4.21 Å². The second-order valence-corrected chi connectivity index (χ2v) is 6.47. The van der Waals surface area contributed by atoms with Gasteiger partial charge >= 0.3 is 0 Å². The minimum atomic E-state index is -1.24. The number of rotatable bonds is 5. The topological polar surface area (TPSA) is 50.1 Å². The Kier molecular flexibility index (Phi) is 5.63. The van der Waals surface area contributed by atoms with Crippen LogP contribution in [0.4, 0.5) is 0 Å². The highest BCUT2D eigenvalue weighted by Crippen LogP contribution is 2.24. The van der Waals surface area contributed by atoms with Crippen molar-refractivity contribution in [2.24, 2.45) is 0 Å². The molecule has 0 saturated heterocycles. The highest BCUT2D eigenvalue weighted by atomic mass is 35.5. The largest absolute Gasteiger partial charge is 0.491 e. The molecule has 0 aliphatic heterocycles. The van der Waals surface area contributed by atoms with E-state index in [0.29, 0.717) is 32.0 Å². The predicted octanol–water partition coefficient (Wildman–Crippen LogP) is 4.05. The number of nitrogens with zero attached hydrogens (tertiary/aromatic N) is 1. The van der Waals surface area contributed by atoms with Crippen molar-refractivity contribution in [2.75, 3.05) is 12.4 Å². The van der Waals surface area contributed by atoms with Gasteiger partial charge in [0, 0.05) is 4.90 Å². The van der Waals surface area contributed by atoms with Crippen molar-refractivity contribution in [3.8, 4) is 11.8 Å². The van der Waals surface area contributed by atoms with Gasteiger partial charge in [-0.2, -0.15) is 5.26 Å². The fraction of sp³-hybridized carbons (Fsp3) is 0.133. The molecule has 0 bridgehead atoms. The van der Waals surface area contributed by atoms with Crippen molar-refractivity contribution < 1.29 is 8.95 Å². The summed E-state index contributed by atoms with van der Waals surface area (Å²) in [6.07, 6.45) is 0. The SMILES string of the molecule is N#Cc1ccccc1OCCS(=O)c1ccc(Cl)c(Cl)c1. The lowest BCUT2D eigenvalue weighted by Gasteiger charge is -2.08. The second-order valence-electron chi connectivity index (χ2n) is 4.08. The molecule has 0 spiro atoms. The maximum Gasteiger partial charge on any atom is 0.137 e. The molecule has 0 N–H and O–H groups in total. The first-order valence-electron chi connectivity index (χ1n) is 6.07. The highest BCUT2D eigenvalue weighted by Gasteiger charge is 2.08. The van der Waals surface area contributed by atoms with E-state index < -0.39 is 10.8 Å². The van der Waals surface area contributed by atoms with Crippen LogP contribution >= 0.6 is 23.2 Å². The summed E-state index contributed by atoms with van der Waals surface area (Å²) in [6.45, 7) is 0.242. The molecular formula is C15H11Cl2NO2S. The van der Waals surface area contributed by atoms with Crippen LogP contribution in [-0.4, -0.2) is 16.6 Å². The first kappa shape index (κ1) is 15.8. The Morgan fingerprint density at radius 3 is 2.62 bits per heavy atom. The molecule has 108 valence electrons. The average molecular weight is 340 g/mol. The summed E-state index contributed by atoms with van der Waals surface area (Å²) in [5, 5.41) is 9.75. The maximum atomic E-state index is 12.1. The molecule has 6 heteroatoms. The van der Waals surface area contributed by atoms with Gasteiger partial charge in [-0.05, 0) is 30.3 Å². The van der Waals surface area contributed by atoms with Gasteiger partial charge in [0.05, 0.1) is 32.2 Å². The number of para-hydroxylation sites is 1. The number of hydrogen-bond acceptors (Lipinski definition) is 3. The zero-order chi connectivity index (χ0) is 15.2. The number of halogens is 2. The Labute approximate surface area is 135 Å². The molecule has 0 aliphatic rings. The molecule has 1 atom stereocenters. The van der Waals surface area contributed by atoms with E-state index in [1.807, 2.05) is 6.07 Å². The van der Waals surface area contributed by atoms with Gasteiger partial charge in [0.2, 0.25) is 0 Å². The number of ether oxygens (including phenoxy) is 1. The summed E-state index contributed by atoms with van der Waals surface area (Å²) >= 11 is 11.7. The fourth-order valence-electron chi connectivity index (χ4n) is 1.65. The van der Waals surface area contributed by atoms with Crippen molar-refractivity contribution in [3.63, 3.8) is 0 Å². The molecule has 0 saturated carbocycles. The van der Waals surface area contributed by atoms with Gasteiger partial charge in [-0.15, -0.1) is 0 Å². The second kappa shape index (κ2) is 7.46. The average Bonchev–Trinajstić information content (AvgIpc) is 2.50. The first-order chi connectivity index (χ1) is 10.1. The maximum absolute atomic E-state index is 12.1. The van der Waals surface area contributed by atoms with Crippen LogP contribution in [0.1, 0.15) is 5.56 Å². The van der Waals surface area contributed by atoms with E-state index in [9.17, 15) is 4.21 Å². The van der Waals surface area contributed by atoms with Crippen LogP contribution in [0.25, 0.3) is 0 Å². The quantitative estimate of drug-likeness (QED) is 0.825. The molecule has 3 nitrogen and oxygen atoms in total. The van der Waals surface area contributed by atoms with Crippen molar-refractivity contribution in [2.45, 2.75) is 4.90 Å². The number of benzene rings is 2. The van der Waals surface area contributed by atoms with Crippen LogP contribution in [0.2, 0.25) is 10.0 Å². The van der Waals surface area contributed by atoms with Crippen LogP contribution < -0.4 is 4.74 Å². The standard InChI is InChI=1S/C15H11Cl2NO2S/c16-13-6-5-12(9-14(13)17)21(19)8-7-20-15-4-2-1-3-11(15)10-18/h1-6,9H,7-8H2. The van der Waals surface area contributed by atoms with E-state index in [-0.39, 0.29) is 6.61 Å². The lowest BCUT2D eigenvalue weighted by Crippen LogP contribution is -2.09.